The van der Waals surface area contributed by atoms with Crippen LogP contribution in [0.3, 0.4) is 0 Å². The van der Waals surface area contributed by atoms with Gasteiger partial charge in [0.05, 0.1) is 0 Å². The minimum atomic E-state index is 0. The predicted molar refractivity (Wildman–Crippen MR) is 76.6 cm³/mol. The summed E-state index contributed by atoms with van der Waals surface area (Å²) in [6, 6.07) is 10.9. The van der Waals surface area contributed by atoms with Crippen molar-refractivity contribution < 1.29 is 21.1 Å². The van der Waals surface area contributed by atoms with Crippen molar-refractivity contribution in [3.8, 4) is 0 Å². The zero-order valence-electron chi connectivity index (χ0n) is 11.2. The number of hydrogen-bond donors (Lipinski definition) is 2. The van der Waals surface area contributed by atoms with E-state index in [1.807, 2.05) is 6.07 Å². The third-order valence-electron chi connectivity index (χ3n) is 3.28. The van der Waals surface area contributed by atoms with Gasteiger partial charge < -0.3 is 16.0 Å². The van der Waals surface area contributed by atoms with Gasteiger partial charge in [-0.3, -0.25) is 0 Å². The van der Waals surface area contributed by atoms with E-state index in [9.17, 15) is 0 Å². The number of rotatable bonds is 2. The van der Waals surface area contributed by atoms with E-state index >= 15 is 0 Å². The van der Waals surface area contributed by atoms with Crippen LogP contribution in [0.2, 0.25) is 0 Å². The number of nitrogens with zero attached hydrogens (tertiary/aromatic N) is 1. The summed E-state index contributed by atoms with van der Waals surface area (Å²) in [6.45, 7) is 0. The van der Waals surface area contributed by atoms with Crippen LogP contribution in [0.4, 0.5) is 5.69 Å². The van der Waals surface area contributed by atoms with Crippen molar-refractivity contribution in [1.82, 2.24) is 4.98 Å². The standard InChI is InChI=1S/C14H15N2.CH5N.W/c1-2-6-12(5-1)16-13-7-8-14-11(10-13)4-3-9-15-14;1-2;/h3-4,7-8,10,12,16H,1-2,5-6H2;2H2,1H3;/q-1;;. The SMILES string of the molecule is CN.[W].[c-]1ccc2cc(NC3CCCC3)ccc2n1. The normalized spacial score (nSPS) is 14.4. The zero-order chi connectivity index (χ0) is 12.8. The first-order valence-electron chi connectivity index (χ1n) is 6.53. The van der Waals surface area contributed by atoms with Crippen molar-refractivity contribution in [1.29, 1.82) is 0 Å². The average Bonchev–Trinajstić information content (AvgIpc) is 2.94. The van der Waals surface area contributed by atoms with Crippen molar-refractivity contribution >= 4 is 16.6 Å². The Morgan fingerprint density at radius 3 is 2.68 bits per heavy atom. The Morgan fingerprint density at radius 2 is 1.95 bits per heavy atom. The Bertz CT molecular complexity index is 495. The van der Waals surface area contributed by atoms with Gasteiger partial charge in [0.1, 0.15) is 0 Å². The van der Waals surface area contributed by atoms with Crippen LogP contribution in [0.1, 0.15) is 25.7 Å². The van der Waals surface area contributed by atoms with Crippen LogP contribution in [0, 0.1) is 6.20 Å². The van der Waals surface area contributed by atoms with Crippen LogP contribution in [-0.2, 0) is 21.1 Å². The van der Waals surface area contributed by atoms with E-state index in [1.54, 1.807) is 0 Å². The molecule has 0 atom stereocenters. The molecule has 4 heteroatoms. The van der Waals surface area contributed by atoms with Gasteiger partial charge in [0.15, 0.2) is 0 Å². The van der Waals surface area contributed by atoms with Crippen LogP contribution >= 0.6 is 0 Å². The molecule has 1 heterocycles. The number of anilines is 1. The summed E-state index contributed by atoms with van der Waals surface area (Å²) in [5.74, 6) is 0. The molecule has 1 aliphatic carbocycles. The molecule has 1 saturated carbocycles. The number of fused-ring (bicyclic) bond motifs is 1. The molecule has 2 aromatic rings. The maximum atomic E-state index is 4.50. The molecule has 3 nitrogen and oxygen atoms in total. The number of nitrogens with two attached hydrogens (primary N) is 1. The number of hydrogen-bond acceptors (Lipinski definition) is 3. The van der Waals surface area contributed by atoms with Gasteiger partial charge in [-0.1, -0.05) is 31.2 Å². The van der Waals surface area contributed by atoms with Gasteiger partial charge in [0.25, 0.3) is 0 Å². The maximum Gasteiger partial charge on any atom is 0.0318 e. The average molecular weight is 426 g/mol. The summed E-state index contributed by atoms with van der Waals surface area (Å²) in [5.41, 5.74) is 6.73. The fraction of sp³-hybridized carbons (Fsp3) is 0.400. The summed E-state index contributed by atoms with van der Waals surface area (Å²) in [7, 11) is 1.50. The fourth-order valence-corrected chi connectivity index (χ4v) is 2.42. The Labute approximate surface area is 129 Å². The molecule has 102 valence electrons. The van der Waals surface area contributed by atoms with Crippen molar-refractivity contribution in [3.05, 3.63) is 36.5 Å². The summed E-state index contributed by atoms with van der Waals surface area (Å²) in [6.07, 6.45) is 8.19. The molecule has 0 amide bonds. The molecule has 1 fully saturated rings. The summed E-state index contributed by atoms with van der Waals surface area (Å²) >= 11 is 0. The Morgan fingerprint density at radius 1 is 1.21 bits per heavy atom. The van der Waals surface area contributed by atoms with Gasteiger partial charge in [-0.05, 0) is 31.5 Å². The van der Waals surface area contributed by atoms with E-state index in [4.69, 9.17) is 0 Å². The first-order chi connectivity index (χ1) is 8.92. The smallest absolute Gasteiger partial charge is 0.0318 e. The first-order valence-corrected chi connectivity index (χ1v) is 6.53. The van der Waals surface area contributed by atoms with Gasteiger partial charge >= 0.3 is 0 Å². The van der Waals surface area contributed by atoms with E-state index in [2.05, 4.69) is 46.5 Å². The molecule has 0 unspecified atom stereocenters. The van der Waals surface area contributed by atoms with E-state index in [-0.39, 0.29) is 21.1 Å². The van der Waals surface area contributed by atoms with Crippen molar-refractivity contribution in [2.45, 2.75) is 31.7 Å². The molecular formula is C15H20N3W-. The van der Waals surface area contributed by atoms with Gasteiger partial charge in [-0.15, -0.1) is 5.39 Å². The number of aromatic nitrogens is 1. The Balaban J connectivity index is 0.000000576. The van der Waals surface area contributed by atoms with Gasteiger partial charge in [0, 0.05) is 32.8 Å². The number of pyridine rings is 1. The molecule has 3 N–H and O–H groups in total. The maximum absolute atomic E-state index is 4.50. The summed E-state index contributed by atoms with van der Waals surface area (Å²) in [4.78, 5) is 4.20. The molecule has 0 bridgehead atoms. The molecular weight excluding hydrogens is 406 g/mol. The van der Waals surface area contributed by atoms with E-state index < -0.39 is 0 Å². The number of nitrogens with one attached hydrogen (secondary N) is 1. The molecule has 0 aliphatic heterocycles. The Kier molecular flexibility index (Phi) is 7.04. The van der Waals surface area contributed by atoms with Crippen molar-refractivity contribution in [2.24, 2.45) is 5.73 Å². The van der Waals surface area contributed by atoms with Crippen LogP contribution in [0.25, 0.3) is 10.9 Å². The molecule has 1 aliphatic rings. The minimum Gasteiger partial charge on any atom is -0.386 e. The molecule has 19 heavy (non-hydrogen) atoms. The first kappa shape index (κ1) is 16.1. The third-order valence-corrected chi connectivity index (χ3v) is 3.28. The summed E-state index contributed by atoms with van der Waals surface area (Å²) < 4.78 is 0. The second-order valence-electron chi connectivity index (χ2n) is 4.47. The summed E-state index contributed by atoms with van der Waals surface area (Å²) in [5, 5.41) is 4.78. The largest absolute Gasteiger partial charge is 0.386 e. The molecule has 0 radical (unpaired) electrons. The quantitative estimate of drug-likeness (QED) is 0.727. The molecule has 1 aromatic carbocycles. The zero-order valence-corrected chi connectivity index (χ0v) is 14.2. The topological polar surface area (TPSA) is 50.9 Å². The second-order valence-corrected chi connectivity index (χ2v) is 4.47. The fourth-order valence-electron chi connectivity index (χ4n) is 2.42. The third kappa shape index (κ3) is 4.29. The molecule has 3 rings (SSSR count). The van der Waals surface area contributed by atoms with Gasteiger partial charge in [0.2, 0.25) is 0 Å². The van der Waals surface area contributed by atoms with E-state index in [1.165, 1.54) is 43.8 Å². The molecule has 1 aromatic heterocycles. The monoisotopic (exact) mass is 426 g/mol. The number of benzene rings is 1. The van der Waals surface area contributed by atoms with E-state index in [0.717, 1.165) is 5.52 Å². The van der Waals surface area contributed by atoms with Crippen LogP contribution in [0.5, 0.6) is 0 Å². The van der Waals surface area contributed by atoms with Crippen LogP contribution in [0.15, 0.2) is 30.3 Å². The van der Waals surface area contributed by atoms with Crippen LogP contribution in [-0.4, -0.2) is 18.1 Å². The van der Waals surface area contributed by atoms with Crippen molar-refractivity contribution in [3.63, 3.8) is 0 Å². The minimum absolute atomic E-state index is 0. The second kappa shape index (κ2) is 8.29. The van der Waals surface area contributed by atoms with Gasteiger partial charge in [-0.2, -0.15) is 12.1 Å². The van der Waals surface area contributed by atoms with Crippen molar-refractivity contribution in [2.75, 3.05) is 12.4 Å². The molecule has 0 saturated heterocycles. The molecule has 0 spiro atoms. The van der Waals surface area contributed by atoms with Crippen LogP contribution < -0.4 is 11.1 Å². The van der Waals surface area contributed by atoms with Gasteiger partial charge in [-0.25, -0.2) is 0 Å². The van der Waals surface area contributed by atoms with E-state index in [0.29, 0.717) is 6.04 Å². The Hall–Kier alpha value is -0.922. The predicted octanol–water partition coefficient (Wildman–Crippen LogP) is 2.96.